The van der Waals surface area contributed by atoms with Crippen LogP contribution in [0.25, 0.3) is 61.7 Å². The summed E-state index contributed by atoms with van der Waals surface area (Å²) in [5.74, 6) is 1.70. The number of fused-ring (bicyclic) bond motifs is 3. The van der Waals surface area contributed by atoms with Gasteiger partial charge in [0, 0.05) is 33.7 Å². The first-order valence-corrected chi connectivity index (χ1v) is 18.3. The number of rotatable bonds is 4. The molecule has 0 saturated heterocycles. The Hall–Kier alpha value is -7.67. The van der Waals surface area contributed by atoms with Crippen molar-refractivity contribution in [1.29, 1.82) is 10.5 Å². The molecule has 2 heterocycles. The topological polar surface area (TPSA) is 91.2 Å². The molecule has 9 aromatic rings. The van der Waals surface area contributed by atoms with Gasteiger partial charge in [-0.15, -0.1) is 0 Å². The van der Waals surface area contributed by atoms with E-state index in [2.05, 4.69) is 102 Å². The summed E-state index contributed by atoms with van der Waals surface area (Å²) in [6.45, 7) is 0. The second-order valence-electron chi connectivity index (χ2n) is 14.2. The normalized spacial score (nSPS) is 14.9. The molecule has 2 aromatic heterocycles. The molecule has 0 fully saturated rings. The largest absolute Gasteiger partial charge is 0.278 e. The van der Waals surface area contributed by atoms with Gasteiger partial charge in [-0.1, -0.05) is 115 Å². The lowest BCUT2D eigenvalue weighted by Gasteiger charge is -2.42. The summed E-state index contributed by atoms with van der Waals surface area (Å²) in [5, 5.41) is 22.6. The summed E-state index contributed by atoms with van der Waals surface area (Å²) in [5.41, 5.74) is 14.2. The van der Waals surface area contributed by atoms with Gasteiger partial charge in [0.05, 0.1) is 34.3 Å². The summed E-state index contributed by atoms with van der Waals surface area (Å²) >= 11 is 0. The first-order chi connectivity index (χ1) is 27.2. The van der Waals surface area contributed by atoms with E-state index in [9.17, 15) is 10.5 Å². The number of benzene rings is 7. The van der Waals surface area contributed by atoms with Gasteiger partial charge in [0.1, 0.15) is 0 Å². The van der Waals surface area contributed by atoms with Crippen molar-refractivity contribution in [2.45, 2.75) is 11.8 Å². The predicted molar refractivity (Wildman–Crippen MR) is 215 cm³/mol. The van der Waals surface area contributed by atoms with E-state index in [0.717, 1.165) is 49.6 Å². The molecule has 6 heteroatoms. The fraction of sp³-hybridized carbons (Fsp3) is 0.0408. The van der Waals surface area contributed by atoms with Crippen LogP contribution in [0.1, 0.15) is 56.3 Å². The molecule has 0 spiro atoms. The molecule has 2 unspecified atom stereocenters. The minimum atomic E-state index is -0.0295. The van der Waals surface area contributed by atoms with E-state index in [1.54, 1.807) is 0 Å². The average molecular weight is 701 g/mol. The zero-order valence-corrected chi connectivity index (χ0v) is 29.3. The van der Waals surface area contributed by atoms with E-state index >= 15 is 0 Å². The Morgan fingerprint density at radius 1 is 0.436 bits per heavy atom. The van der Waals surface area contributed by atoms with Crippen molar-refractivity contribution in [2.75, 3.05) is 0 Å². The second-order valence-corrected chi connectivity index (χ2v) is 14.2. The summed E-state index contributed by atoms with van der Waals surface area (Å²) in [6.07, 6.45) is 0. The van der Waals surface area contributed by atoms with E-state index in [1.165, 1.54) is 27.8 Å². The number of aromatic nitrogens is 4. The average Bonchev–Trinajstić information content (AvgIpc) is 3.59. The van der Waals surface area contributed by atoms with Crippen molar-refractivity contribution in [2.24, 2.45) is 0 Å². The third-order valence-electron chi connectivity index (χ3n) is 11.3. The molecule has 2 bridgehead atoms. The maximum absolute atomic E-state index is 10.7. The lowest BCUT2D eigenvalue weighted by atomic mass is 9.60. The maximum atomic E-state index is 10.7. The Morgan fingerprint density at radius 3 is 1.71 bits per heavy atom. The molecule has 0 aliphatic heterocycles. The molecule has 2 atom stereocenters. The fourth-order valence-electron chi connectivity index (χ4n) is 8.92. The van der Waals surface area contributed by atoms with Crippen LogP contribution in [0.3, 0.4) is 0 Å². The van der Waals surface area contributed by atoms with E-state index < -0.39 is 0 Å². The highest BCUT2D eigenvalue weighted by molar-refractivity contribution is 6.10. The summed E-state index contributed by atoms with van der Waals surface area (Å²) < 4.78 is 2.12. The maximum Gasteiger partial charge on any atom is 0.238 e. The SMILES string of the molecule is N#Cc1ccc2c(c1)C1c3ccccc3C2c2cc(C#N)c(-c3ccc4c(c3)c3ccccc3n4-c3nc(-c4ccccc4)nc(-c4ccccc4)n3)cc21. The van der Waals surface area contributed by atoms with Gasteiger partial charge in [0.2, 0.25) is 5.95 Å². The molecule has 6 nitrogen and oxygen atoms in total. The minimum Gasteiger partial charge on any atom is -0.278 e. The van der Waals surface area contributed by atoms with Crippen LogP contribution in [0.15, 0.2) is 158 Å². The molecule has 0 N–H and O–H groups in total. The lowest BCUT2D eigenvalue weighted by molar-refractivity contribution is 0.754. The standard InChI is InChI=1S/C49H28N6/c50-27-29-19-21-37-40(23-29)46-36-17-8-7-16-35(36)45(37)41-25-33(28-51)38(26-42(41)46)32-20-22-44-39(24-32)34-15-9-10-18-43(34)55(44)49-53-47(30-11-3-1-4-12-30)52-48(54-49)31-13-5-2-6-14-31/h1-26,45-46H. The first-order valence-electron chi connectivity index (χ1n) is 18.3. The van der Waals surface area contributed by atoms with Crippen molar-refractivity contribution in [3.8, 4) is 52.0 Å². The molecular weight excluding hydrogens is 673 g/mol. The molecule has 3 aliphatic rings. The van der Waals surface area contributed by atoms with E-state index in [4.69, 9.17) is 15.0 Å². The van der Waals surface area contributed by atoms with Crippen LogP contribution in [-0.4, -0.2) is 19.5 Å². The first kappa shape index (κ1) is 30.9. The monoisotopic (exact) mass is 700 g/mol. The smallest absolute Gasteiger partial charge is 0.238 e. The Morgan fingerprint density at radius 2 is 1.02 bits per heavy atom. The number of hydrogen-bond donors (Lipinski definition) is 0. The zero-order chi connectivity index (χ0) is 36.6. The highest BCUT2D eigenvalue weighted by Gasteiger charge is 2.42. The Balaban J connectivity index is 1.11. The Bertz CT molecular complexity index is 3070. The second kappa shape index (κ2) is 11.9. The third kappa shape index (κ3) is 4.62. The number of hydrogen-bond acceptors (Lipinski definition) is 5. The van der Waals surface area contributed by atoms with E-state index in [1.807, 2.05) is 72.8 Å². The van der Waals surface area contributed by atoms with Crippen LogP contribution < -0.4 is 0 Å². The number of nitriles is 2. The van der Waals surface area contributed by atoms with Crippen molar-refractivity contribution in [3.63, 3.8) is 0 Å². The van der Waals surface area contributed by atoms with Gasteiger partial charge in [-0.05, 0) is 87.0 Å². The third-order valence-corrected chi connectivity index (χ3v) is 11.3. The van der Waals surface area contributed by atoms with Gasteiger partial charge >= 0.3 is 0 Å². The molecule has 0 radical (unpaired) electrons. The highest BCUT2D eigenvalue weighted by atomic mass is 15.2. The van der Waals surface area contributed by atoms with Crippen LogP contribution in [0, 0.1) is 22.7 Å². The Kier molecular flexibility index (Phi) is 6.70. The van der Waals surface area contributed by atoms with Crippen molar-refractivity contribution in [3.05, 3.63) is 202 Å². The molecule has 55 heavy (non-hydrogen) atoms. The number of nitrogens with zero attached hydrogens (tertiary/aromatic N) is 6. The van der Waals surface area contributed by atoms with Crippen LogP contribution in [0.5, 0.6) is 0 Å². The van der Waals surface area contributed by atoms with Crippen LogP contribution in [0.4, 0.5) is 0 Å². The van der Waals surface area contributed by atoms with Crippen LogP contribution >= 0.6 is 0 Å². The van der Waals surface area contributed by atoms with Crippen LogP contribution in [-0.2, 0) is 0 Å². The minimum absolute atomic E-state index is 0.00228. The van der Waals surface area contributed by atoms with Crippen molar-refractivity contribution >= 4 is 21.8 Å². The van der Waals surface area contributed by atoms with Gasteiger partial charge in [-0.25, -0.2) is 4.98 Å². The van der Waals surface area contributed by atoms with Gasteiger partial charge in [0.15, 0.2) is 11.6 Å². The fourth-order valence-corrected chi connectivity index (χ4v) is 8.92. The molecule has 0 saturated carbocycles. The Labute approximate surface area is 316 Å². The van der Waals surface area contributed by atoms with Gasteiger partial charge in [-0.2, -0.15) is 20.5 Å². The van der Waals surface area contributed by atoms with E-state index in [-0.39, 0.29) is 11.8 Å². The summed E-state index contributed by atoms with van der Waals surface area (Å²) in [4.78, 5) is 15.1. The highest BCUT2D eigenvalue weighted by Crippen LogP contribution is 2.56. The van der Waals surface area contributed by atoms with Crippen molar-refractivity contribution < 1.29 is 0 Å². The van der Waals surface area contributed by atoms with Gasteiger partial charge < -0.3 is 0 Å². The van der Waals surface area contributed by atoms with E-state index in [0.29, 0.717) is 28.7 Å². The summed E-state index contributed by atoms with van der Waals surface area (Å²) in [7, 11) is 0. The molecule has 254 valence electrons. The van der Waals surface area contributed by atoms with Crippen LogP contribution in [0.2, 0.25) is 0 Å². The quantitative estimate of drug-likeness (QED) is 0.182. The molecule has 12 rings (SSSR count). The molecule has 0 amide bonds. The lowest BCUT2D eigenvalue weighted by Crippen LogP contribution is -2.27. The van der Waals surface area contributed by atoms with Gasteiger partial charge in [0.25, 0.3) is 0 Å². The van der Waals surface area contributed by atoms with Gasteiger partial charge in [-0.3, -0.25) is 4.57 Å². The predicted octanol–water partition coefficient (Wildman–Crippen LogP) is 10.7. The molecule has 3 aliphatic carbocycles. The molecular formula is C49H28N6. The van der Waals surface area contributed by atoms with Crippen molar-refractivity contribution in [1.82, 2.24) is 19.5 Å². The number of para-hydroxylation sites is 1. The zero-order valence-electron chi connectivity index (χ0n) is 29.3. The molecule has 7 aromatic carbocycles. The summed E-state index contributed by atoms with van der Waals surface area (Å²) in [6, 6.07) is 58.7.